The van der Waals surface area contributed by atoms with Crippen LogP contribution in [0.1, 0.15) is 11.3 Å². The van der Waals surface area contributed by atoms with Crippen LogP contribution in [0.4, 0.5) is 5.82 Å². The highest BCUT2D eigenvalue weighted by Crippen LogP contribution is 2.35. The number of nitrogens with two attached hydrogens (primary N) is 1. The molecule has 2 heterocycles. The van der Waals surface area contributed by atoms with Gasteiger partial charge in [-0.1, -0.05) is 15.9 Å². The van der Waals surface area contributed by atoms with Gasteiger partial charge >= 0.3 is 0 Å². The van der Waals surface area contributed by atoms with Crippen LogP contribution in [0, 0.1) is 13.8 Å². The minimum absolute atomic E-state index is 0.636. The SMILES string of the molecule is COc1ccc(Br)c(-c2nc3cc(C)cc(C)n3c2N)c1. The van der Waals surface area contributed by atoms with Crippen molar-refractivity contribution in [3.05, 3.63) is 46.1 Å². The van der Waals surface area contributed by atoms with Crippen molar-refractivity contribution in [2.75, 3.05) is 12.8 Å². The molecule has 21 heavy (non-hydrogen) atoms. The topological polar surface area (TPSA) is 52.5 Å². The second kappa shape index (κ2) is 5.07. The molecule has 0 aliphatic heterocycles. The number of nitrogens with zero attached hydrogens (tertiary/aromatic N) is 2. The number of nitrogen functional groups attached to an aromatic ring is 1. The number of imidazole rings is 1. The van der Waals surface area contributed by atoms with E-state index in [1.165, 1.54) is 5.56 Å². The summed E-state index contributed by atoms with van der Waals surface area (Å²) in [5.74, 6) is 1.41. The van der Waals surface area contributed by atoms with Gasteiger partial charge in [0.05, 0.1) is 7.11 Å². The molecular weight excluding hydrogens is 330 g/mol. The zero-order valence-electron chi connectivity index (χ0n) is 12.1. The number of halogens is 1. The molecule has 3 rings (SSSR count). The van der Waals surface area contributed by atoms with E-state index < -0.39 is 0 Å². The van der Waals surface area contributed by atoms with E-state index in [0.717, 1.165) is 32.8 Å². The molecular formula is C16H16BrN3O. The fourth-order valence-electron chi connectivity index (χ4n) is 2.57. The highest BCUT2D eigenvalue weighted by atomic mass is 79.9. The van der Waals surface area contributed by atoms with Crippen molar-refractivity contribution in [1.82, 2.24) is 9.38 Å². The molecule has 2 aromatic heterocycles. The third-order valence-corrected chi connectivity index (χ3v) is 4.21. The van der Waals surface area contributed by atoms with E-state index in [4.69, 9.17) is 15.5 Å². The van der Waals surface area contributed by atoms with E-state index in [1.807, 2.05) is 35.6 Å². The summed E-state index contributed by atoms with van der Waals surface area (Å²) in [7, 11) is 1.65. The van der Waals surface area contributed by atoms with Gasteiger partial charge in [0.2, 0.25) is 0 Å². The summed E-state index contributed by atoms with van der Waals surface area (Å²) in [6.07, 6.45) is 0. The van der Waals surface area contributed by atoms with Crippen molar-refractivity contribution in [2.45, 2.75) is 13.8 Å². The molecule has 5 heteroatoms. The van der Waals surface area contributed by atoms with Crippen LogP contribution >= 0.6 is 15.9 Å². The molecule has 2 N–H and O–H groups in total. The molecule has 1 aromatic carbocycles. The number of ether oxygens (including phenoxy) is 1. The first-order valence-corrected chi connectivity index (χ1v) is 7.39. The predicted octanol–water partition coefficient (Wildman–Crippen LogP) is 3.97. The van der Waals surface area contributed by atoms with Crippen LogP contribution in [0.25, 0.3) is 16.9 Å². The van der Waals surface area contributed by atoms with Gasteiger partial charge in [0.1, 0.15) is 22.9 Å². The molecule has 4 nitrogen and oxygen atoms in total. The summed E-state index contributed by atoms with van der Waals surface area (Å²) in [6.45, 7) is 4.08. The van der Waals surface area contributed by atoms with Crippen LogP contribution in [0.15, 0.2) is 34.8 Å². The lowest BCUT2D eigenvalue weighted by atomic mass is 10.1. The Morgan fingerprint density at radius 3 is 2.67 bits per heavy atom. The Bertz CT molecular complexity index is 839. The zero-order valence-corrected chi connectivity index (χ0v) is 13.7. The molecule has 0 aliphatic carbocycles. The van der Waals surface area contributed by atoms with Crippen LogP contribution in [0.5, 0.6) is 5.75 Å². The number of aromatic nitrogens is 2. The minimum Gasteiger partial charge on any atom is -0.497 e. The first-order chi connectivity index (χ1) is 10.0. The highest BCUT2D eigenvalue weighted by molar-refractivity contribution is 9.10. The molecule has 3 aromatic rings. The smallest absolute Gasteiger partial charge is 0.139 e. The Hall–Kier alpha value is -2.01. The molecule has 0 amide bonds. The van der Waals surface area contributed by atoms with E-state index in [2.05, 4.69) is 28.9 Å². The lowest BCUT2D eigenvalue weighted by molar-refractivity contribution is 0.415. The van der Waals surface area contributed by atoms with E-state index in [1.54, 1.807) is 7.11 Å². The maximum Gasteiger partial charge on any atom is 0.139 e. The van der Waals surface area contributed by atoms with Crippen molar-refractivity contribution in [2.24, 2.45) is 0 Å². The lowest BCUT2D eigenvalue weighted by Gasteiger charge is -2.06. The molecule has 0 atom stereocenters. The third-order valence-electron chi connectivity index (χ3n) is 3.51. The highest BCUT2D eigenvalue weighted by Gasteiger charge is 2.16. The van der Waals surface area contributed by atoms with Gasteiger partial charge in [0, 0.05) is 15.7 Å². The quantitative estimate of drug-likeness (QED) is 0.764. The van der Waals surface area contributed by atoms with Gasteiger partial charge in [-0.2, -0.15) is 0 Å². The number of pyridine rings is 1. The monoisotopic (exact) mass is 345 g/mol. The molecule has 0 saturated heterocycles. The van der Waals surface area contributed by atoms with Crippen LogP contribution in [0.3, 0.4) is 0 Å². The van der Waals surface area contributed by atoms with Gasteiger partial charge < -0.3 is 10.5 Å². The Kier molecular flexibility index (Phi) is 3.37. The summed E-state index contributed by atoms with van der Waals surface area (Å²) in [6, 6.07) is 9.89. The lowest BCUT2D eigenvalue weighted by Crippen LogP contribution is -1.98. The largest absolute Gasteiger partial charge is 0.497 e. The van der Waals surface area contributed by atoms with Crippen molar-refractivity contribution < 1.29 is 4.74 Å². The molecule has 0 fully saturated rings. The van der Waals surface area contributed by atoms with E-state index in [9.17, 15) is 0 Å². The molecule has 108 valence electrons. The van der Waals surface area contributed by atoms with Gasteiger partial charge in [-0.05, 0) is 49.7 Å². The summed E-state index contributed by atoms with van der Waals surface area (Å²) < 4.78 is 8.20. The number of aryl methyl sites for hydroxylation is 2. The van der Waals surface area contributed by atoms with Gasteiger partial charge in [-0.3, -0.25) is 4.40 Å². The predicted molar refractivity (Wildman–Crippen MR) is 88.8 cm³/mol. The second-order valence-electron chi connectivity index (χ2n) is 5.06. The number of methoxy groups -OCH3 is 1. The summed E-state index contributed by atoms with van der Waals surface area (Å²) in [4.78, 5) is 4.69. The van der Waals surface area contributed by atoms with Crippen molar-refractivity contribution >= 4 is 27.4 Å². The van der Waals surface area contributed by atoms with Gasteiger partial charge in [0.15, 0.2) is 0 Å². The first-order valence-electron chi connectivity index (χ1n) is 6.60. The number of benzene rings is 1. The van der Waals surface area contributed by atoms with Crippen molar-refractivity contribution in [3.8, 4) is 17.0 Å². The van der Waals surface area contributed by atoms with Crippen LogP contribution in [-0.4, -0.2) is 16.5 Å². The number of hydrogen-bond donors (Lipinski definition) is 1. The first kappa shape index (κ1) is 13.9. The summed E-state index contributed by atoms with van der Waals surface area (Å²) in [5, 5.41) is 0. The Balaban J connectivity index is 2.31. The normalized spacial score (nSPS) is 11.0. The van der Waals surface area contributed by atoms with E-state index in [0.29, 0.717) is 5.82 Å². The van der Waals surface area contributed by atoms with Crippen molar-refractivity contribution in [3.63, 3.8) is 0 Å². The van der Waals surface area contributed by atoms with Crippen molar-refractivity contribution in [1.29, 1.82) is 0 Å². The fourth-order valence-corrected chi connectivity index (χ4v) is 3.00. The molecule has 0 saturated carbocycles. The van der Waals surface area contributed by atoms with Gasteiger partial charge in [-0.15, -0.1) is 0 Å². The molecule has 0 radical (unpaired) electrons. The van der Waals surface area contributed by atoms with E-state index >= 15 is 0 Å². The standard InChI is InChI=1S/C16H16BrN3O/c1-9-6-10(2)20-14(7-9)19-15(16(20)18)12-8-11(21-3)4-5-13(12)17/h4-8H,18H2,1-3H3. The minimum atomic E-state index is 0.636. The number of hydrogen-bond acceptors (Lipinski definition) is 3. The number of rotatable bonds is 2. The molecule has 0 unspecified atom stereocenters. The van der Waals surface area contributed by atoms with Crippen LogP contribution in [0.2, 0.25) is 0 Å². The third kappa shape index (κ3) is 2.27. The van der Waals surface area contributed by atoms with Gasteiger partial charge in [0.25, 0.3) is 0 Å². The van der Waals surface area contributed by atoms with Crippen LogP contribution in [-0.2, 0) is 0 Å². The van der Waals surface area contributed by atoms with E-state index in [-0.39, 0.29) is 0 Å². The number of fused-ring (bicyclic) bond motifs is 1. The Labute approximate surface area is 131 Å². The second-order valence-corrected chi connectivity index (χ2v) is 5.91. The average molecular weight is 346 g/mol. The Morgan fingerprint density at radius 1 is 1.19 bits per heavy atom. The maximum absolute atomic E-state index is 6.32. The maximum atomic E-state index is 6.32. The zero-order chi connectivity index (χ0) is 15.1. The summed E-state index contributed by atoms with van der Waals surface area (Å²) >= 11 is 3.56. The Morgan fingerprint density at radius 2 is 1.95 bits per heavy atom. The molecule has 0 bridgehead atoms. The number of anilines is 1. The summed E-state index contributed by atoms with van der Waals surface area (Å²) in [5.41, 5.74) is 11.1. The van der Waals surface area contributed by atoms with Gasteiger partial charge in [-0.25, -0.2) is 4.98 Å². The fraction of sp³-hybridized carbons (Fsp3) is 0.188. The average Bonchev–Trinajstić information content (AvgIpc) is 2.76. The molecule has 0 aliphatic rings. The molecule has 0 spiro atoms. The van der Waals surface area contributed by atoms with Crippen LogP contribution < -0.4 is 10.5 Å².